The second-order valence-corrected chi connectivity index (χ2v) is 5.47. The Morgan fingerprint density at radius 1 is 1.38 bits per heavy atom. The molecule has 0 spiro atoms. The van der Waals surface area contributed by atoms with Gasteiger partial charge in [-0.1, -0.05) is 19.1 Å². The summed E-state index contributed by atoms with van der Waals surface area (Å²) in [7, 11) is 0. The standard InChI is InChI=1S/C13H23NO2/c1-13(4-6-16-7-5-13)10-14-12-3-2-11(8-12)9-15/h2-3,11-12,14-15H,4-10H2,1H3/t11-,12+/m0/s1. The van der Waals surface area contributed by atoms with Gasteiger partial charge < -0.3 is 15.2 Å². The average Bonchev–Trinajstić information content (AvgIpc) is 2.75. The lowest BCUT2D eigenvalue weighted by molar-refractivity contribution is 0.0233. The summed E-state index contributed by atoms with van der Waals surface area (Å²) < 4.78 is 5.40. The van der Waals surface area contributed by atoms with Crippen LogP contribution in [0.1, 0.15) is 26.2 Å². The van der Waals surface area contributed by atoms with E-state index in [1.165, 1.54) is 0 Å². The van der Waals surface area contributed by atoms with E-state index in [-0.39, 0.29) is 6.61 Å². The highest BCUT2D eigenvalue weighted by Gasteiger charge is 2.28. The van der Waals surface area contributed by atoms with Crippen molar-refractivity contribution < 1.29 is 9.84 Å². The number of rotatable bonds is 4. The monoisotopic (exact) mass is 225 g/mol. The molecule has 1 aliphatic carbocycles. The van der Waals surface area contributed by atoms with E-state index in [0.717, 1.165) is 39.0 Å². The minimum absolute atomic E-state index is 0.278. The predicted molar refractivity (Wildman–Crippen MR) is 64.3 cm³/mol. The van der Waals surface area contributed by atoms with Crippen molar-refractivity contribution >= 4 is 0 Å². The van der Waals surface area contributed by atoms with E-state index in [4.69, 9.17) is 9.84 Å². The zero-order valence-electron chi connectivity index (χ0n) is 10.1. The topological polar surface area (TPSA) is 41.5 Å². The van der Waals surface area contributed by atoms with Crippen LogP contribution >= 0.6 is 0 Å². The van der Waals surface area contributed by atoms with Crippen molar-refractivity contribution in [3.63, 3.8) is 0 Å². The lowest BCUT2D eigenvalue weighted by atomic mass is 9.82. The molecule has 0 aromatic carbocycles. The highest BCUT2D eigenvalue weighted by Crippen LogP contribution is 2.29. The van der Waals surface area contributed by atoms with Crippen LogP contribution in [0.4, 0.5) is 0 Å². The van der Waals surface area contributed by atoms with Crippen LogP contribution in [-0.2, 0) is 4.74 Å². The van der Waals surface area contributed by atoms with Gasteiger partial charge in [0, 0.05) is 38.3 Å². The minimum atomic E-state index is 0.278. The molecule has 1 aliphatic heterocycles. The molecular formula is C13H23NO2. The molecule has 1 fully saturated rings. The third kappa shape index (κ3) is 3.06. The first-order valence-electron chi connectivity index (χ1n) is 6.32. The molecule has 2 atom stereocenters. The molecule has 0 saturated carbocycles. The summed E-state index contributed by atoms with van der Waals surface area (Å²) in [5, 5.41) is 12.7. The Balaban J connectivity index is 1.73. The number of aliphatic hydroxyl groups excluding tert-OH is 1. The number of aliphatic hydroxyl groups is 1. The van der Waals surface area contributed by atoms with E-state index in [0.29, 0.717) is 17.4 Å². The van der Waals surface area contributed by atoms with Crippen molar-refractivity contribution in [1.29, 1.82) is 0 Å². The number of hydrogen-bond acceptors (Lipinski definition) is 3. The maximum Gasteiger partial charge on any atom is 0.0494 e. The van der Waals surface area contributed by atoms with Crippen molar-refractivity contribution in [2.75, 3.05) is 26.4 Å². The zero-order chi connectivity index (χ0) is 11.4. The summed E-state index contributed by atoms with van der Waals surface area (Å²) in [5.41, 5.74) is 0.392. The highest BCUT2D eigenvalue weighted by atomic mass is 16.5. The minimum Gasteiger partial charge on any atom is -0.396 e. The van der Waals surface area contributed by atoms with E-state index in [1.54, 1.807) is 0 Å². The quantitative estimate of drug-likeness (QED) is 0.709. The van der Waals surface area contributed by atoms with Gasteiger partial charge in [0.1, 0.15) is 0 Å². The molecule has 3 heteroatoms. The van der Waals surface area contributed by atoms with Crippen LogP contribution < -0.4 is 5.32 Å². The fourth-order valence-corrected chi connectivity index (χ4v) is 2.48. The van der Waals surface area contributed by atoms with Crippen LogP contribution in [0, 0.1) is 11.3 Å². The normalized spacial score (nSPS) is 33.1. The van der Waals surface area contributed by atoms with Gasteiger partial charge >= 0.3 is 0 Å². The van der Waals surface area contributed by atoms with Crippen molar-refractivity contribution in [2.45, 2.75) is 32.2 Å². The fraction of sp³-hybridized carbons (Fsp3) is 0.846. The Bertz CT molecular complexity index is 246. The predicted octanol–water partition coefficient (Wildman–Crippen LogP) is 1.33. The molecule has 0 unspecified atom stereocenters. The number of ether oxygens (including phenoxy) is 1. The van der Waals surface area contributed by atoms with Gasteiger partial charge in [-0.2, -0.15) is 0 Å². The number of nitrogens with one attached hydrogen (secondary N) is 1. The molecule has 1 heterocycles. The molecule has 0 aromatic rings. The fourth-order valence-electron chi connectivity index (χ4n) is 2.48. The van der Waals surface area contributed by atoms with E-state index in [2.05, 4.69) is 24.4 Å². The van der Waals surface area contributed by atoms with E-state index in [1.807, 2.05) is 0 Å². The molecule has 0 aromatic heterocycles. The van der Waals surface area contributed by atoms with Gasteiger partial charge in [-0.05, 0) is 24.7 Å². The summed E-state index contributed by atoms with van der Waals surface area (Å²) in [6, 6.07) is 0.455. The Kier molecular flexibility index (Phi) is 4.00. The maximum atomic E-state index is 9.06. The van der Waals surface area contributed by atoms with Gasteiger partial charge in [0.2, 0.25) is 0 Å². The Labute approximate surface area is 97.9 Å². The molecule has 0 radical (unpaired) electrons. The molecule has 2 N–H and O–H groups in total. The summed E-state index contributed by atoms with van der Waals surface area (Å²) >= 11 is 0. The maximum absolute atomic E-state index is 9.06. The molecule has 0 amide bonds. The Morgan fingerprint density at radius 2 is 2.12 bits per heavy atom. The average molecular weight is 225 g/mol. The van der Waals surface area contributed by atoms with Crippen LogP contribution in [0.15, 0.2) is 12.2 Å². The van der Waals surface area contributed by atoms with Gasteiger partial charge in [-0.25, -0.2) is 0 Å². The van der Waals surface area contributed by atoms with Crippen LogP contribution in [0.2, 0.25) is 0 Å². The second-order valence-electron chi connectivity index (χ2n) is 5.47. The van der Waals surface area contributed by atoms with Gasteiger partial charge in [0.05, 0.1) is 0 Å². The largest absolute Gasteiger partial charge is 0.396 e. The first kappa shape index (κ1) is 12.1. The van der Waals surface area contributed by atoms with E-state index >= 15 is 0 Å². The number of hydrogen-bond donors (Lipinski definition) is 2. The first-order valence-corrected chi connectivity index (χ1v) is 6.32. The molecule has 2 rings (SSSR count). The summed E-state index contributed by atoms with van der Waals surface area (Å²) in [6.07, 6.45) is 7.68. The summed E-state index contributed by atoms with van der Waals surface area (Å²) in [6.45, 7) is 5.48. The summed E-state index contributed by atoms with van der Waals surface area (Å²) in [4.78, 5) is 0. The van der Waals surface area contributed by atoms with Crippen LogP contribution in [0.25, 0.3) is 0 Å². The van der Waals surface area contributed by atoms with E-state index in [9.17, 15) is 0 Å². The second kappa shape index (κ2) is 5.30. The summed E-state index contributed by atoms with van der Waals surface area (Å²) in [5.74, 6) is 0.361. The molecule has 2 aliphatic rings. The molecule has 16 heavy (non-hydrogen) atoms. The smallest absolute Gasteiger partial charge is 0.0494 e. The van der Waals surface area contributed by atoms with Crippen LogP contribution in [0.3, 0.4) is 0 Å². The molecule has 92 valence electrons. The molecule has 0 bridgehead atoms. The molecule has 1 saturated heterocycles. The molecular weight excluding hydrogens is 202 g/mol. The van der Waals surface area contributed by atoms with Crippen LogP contribution in [-0.4, -0.2) is 37.5 Å². The van der Waals surface area contributed by atoms with Crippen LogP contribution in [0.5, 0.6) is 0 Å². The lowest BCUT2D eigenvalue weighted by Crippen LogP contribution is -2.40. The van der Waals surface area contributed by atoms with E-state index < -0.39 is 0 Å². The van der Waals surface area contributed by atoms with Gasteiger partial charge in [0.15, 0.2) is 0 Å². The zero-order valence-corrected chi connectivity index (χ0v) is 10.1. The third-order valence-electron chi connectivity index (χ3n) is 3.90. The SMILES string of the molecule is CC1(CN[C@@H]2C=C[C@H](CO)C2)CCOCC1. The van der Waals surface area contributed by atoms with Crippen molar-refractivity contribution in [2.24, 2.45) is 11.3 Å². The van der Waals surface area contributed by atoms with Gasteiger partial charge in [-0.15, -0.1) is 0 Å². The van der Waals surface area contributed by atoms with Crippen molar-refractivity contribution in [1.82, 2.24) is 5.32 Å². The third-order valence-corrected chi connectivity index (χ3v) is 3.90. The Hall–Kier alpha value is -0.380. The first-order chi connectivity index (χ1) is 7.72. The van der Waals surface area contributed by atoms with Crippen molar-refractivity contribution in [3.8, 4) is 0 Å². The van der Waals surface area contributed by atoms with Gasteiger partial charge in [0.25, 0.3) is 0 Å². The Morgan fingerprint density at radius 3 is 2.75 bits per heavy atom. The molecule has 3 nitrogen and oxygen atoms in total. The van der Waals surface area contributed by atoms with Crippen molar-refractivity contribution in [3.05, 3.63) is 12.2 Å². The van der Waals surface area contributed by atoms with Gasteiger partial charge in [-0.3, -0.25) is 0 Å². The highest BCUT2D eigenvalue weighted by molar-refractivity contribution is 5.06. The lowest BCUT2D eigenvalue weighted by Gasteiger charge is -2.34.